The van der Waals surface area contributed by atoms with Gasteiger partial charge >= 0.3 is 0 Å². The number of furan rings is 1. The Labute approximate surface area is 363 Å². The number of rotatable bonds is 5. The van der Waals surface area contributed by atoms with Gasteiger partial charge in [-0.25, -0.2) is 15.0 Å². The quantitative estimate of drug-likeness (QED) is 0.174. The van der Waals surface area contributed by atoms with Crippen LogP contribution in [0.5, 0.6) is 0 Å². The second-order valence-corrected chi connectivity index (χ2v) is 16.6. The van der Waals surface area contributed by atoms with Crippen molar-refractivity contribution >= 4 is 54.5 Å². The van der Waals surface area contributed by atoms with E-state index >= 15 is 0 Å². The number of para-hydroxylation sites is 3. The van der Waals surface area contributed by atoms with Gasteiger partial charge in [0.2, 0.25) is 0 Å². The zero-order valence-corrected chi connectivity index (χ0v) is 34.2. The van der Waals surface area contributed by atoms with E-state index in [2.05, 4.69) is 180 Å². The minimum Gasteiger partial charge on any atom is -0.455 e. The first-order valence-electron chi connectivity index (χ1n) is 21.7. The number of hydrogen-bond acceptors (Lipinski definition) is 4. The first-order chi connectivity index (χ1) is 31.2. The Morgan fingerprint density at radius 1 is 0.460 bits per heavy atom. The third-order valence-corrected chi connectivity index (χ3v) is 13.1. The SMILES string of the molecule is c1ccc(-c2nc(-c3c(C4CCc5cc6ccccc6cc5-c5ccccc54)ccc4c3oc3ccccc34)nc(-c3cccc4c3c3ccccc3n4-c3ccccc3)n2)cc1. The predicted molar refractivity (Wildman–Crippen MR) is 257 cm³/mol. The van der Waals surface area contributed by atoms with Gasteiger partial charge in [-0.2, -0.15) is 0 Å². The molecule has 1 atom stereocenters. The average Bonchev–Trinajstić information content (AvgIpc) is 3.85. The van der Waals surface area contributed by atoms with E-state index in [0.717, 1.165) is 84.5 Å². The number of benzene rings is 9. The summed E-state index contributed by atoms with van der Waals surface area (Å²) >= 11 is 0. The molecule has 1 aliphatic carbocycles. The van der Waals surface area contributed by atoms with Gasteiger partial charge in [0, 0.05) is 44.3 Å². The van der Waals surface area contributed by atoms with Crippen LogP contribution in [0.25, 0.3) is 105 Å². The molecule has 0 fully saturated rings. The fourth-order valence-electron chi connectivity index (χ4n) is 10.3. The van der Waals surface area contributed by atoms with E-state index in [1.54, 1.807) is 0 Å². The lowest BCUT2D eigenvalue weighted by molar-refractivity contribution is 0.666. The molecular formula is C58H38N4O. The minimum absolute atomic E-state index is 0.0250. The smallest absolute Gasteiger partial charge is 0.168 e. The van der Waals surface area contributed by atoms with Crippen molar-refractivity contribution in [3.05, 3.63) is 217 Å². The summed E-state index contributed by atoms with van der Waals surface area (Å²) in [6, 6.07) is 71.2. The molecule has 0 saturated heterocycles. The van der Waals surface area contributed by atoms with Crippen molar-refractivity contribution in [3.63, 3.8) is 0 Å². The summed E-state index contributed by atoms with van der Waals surface area (Å²) in [5.74, 6) is 1.84. The highest BCUT2D eigenvalue weighted by molar-refractivity contribution is 6.15. The number of hydrogen-bond donors (Lipinski definition) is 0. The fraction of sp³-hybridized carbons (Fsp3) is 0.0517. The molecule has 9 aromatic carbocycles. The predicted octanol–water partition coefficient (Wildman–Crippen LogP) is 14.8. The van der Waals surface area contributed by atoms with Crippen molar-refractivity contribution < 1.29 is 4.42 Å². The maximum Gasteiger partial charge on any atom is 0.168 e. The summed E-state index contributed by atoms with van der Waals surface area (Å²) in [6.07, 6.45) is 1.82. The molecule has 0 saturated carbocycles. The maximum atomic E-state index is 6.97. The molecule has 12 aromatic rings. The van der Waals surface area contributed by atoms with Crippen molar-refractivity contribution in [1.82, 2.24) is 19.5 Å². The Morgan fingerprint density at radius 3 is 2.00 bits per heavy atom. The lowest BCUT2D eigenvalue weighted by Crippen LogP contribution is -2.07. The summed E-state index contributed by atoms with van der Waals surface area (Å²) in [5, 5.41) is 6.86. The molecule has 63 heavy (non-hydrogen) atoms. The second-order valence-electron chi connectivity index (χ2n) is 16.6. The lowest BCUT2D eigenvalue weighted by atomic mass is 9.82. The third-order valence-electron chi connectivity index (χ3n) is 13.1. The minimum atomic E-state index is 0.0250. The van der Waals surface area contributed by atoms with Gasteiger partial charge in [0.15, 0.2) is 17.5 Å². The number of nitrogens with zero attached hydrogens (tertiary/aromatic N) is 4. The Bertz CT molecular complexity index is 3750. The van der Waals surface area contributed by atoms with E-state index in [1.165, 1.54) is 33.0 Å². The van der Waals surface area contributed by atoms with Crippen molar-refractivity contribution in [2.75, 3.05) is 0 Å². The van der Waals surface area contributed by atoms with Gasteiger partial charge in [-0.1, -0.05) is 164 Å². The molecule has 0 aliphatic heterocycles. The Kier molecular flexibility index (Phi) is 8.03. The van der Waals surface area contributed by atoms with Crippen LogP contribution in [0.3, 0.4) is 0 Å². The molecule has 1 aliphatic rings. The molecule has 0 bridgehead atoms. The standard InChI is InChI=1S/C58H38N4O/c1-3-16-36(17-4-1)56-59-57(48-26-15-28-51-53(48)47-25-11-13-27-50(47)62(51)40-20-5-2-6-21-40)61-58(60-56)54-45(32-33-46-44-24-12-14-29-52(44)63-55(46)54)43-31-30-39-34-37-18-7-8-19-38(37)35-49(39)42-23-10-9-22-41(42)43/h1-29,32-35,43H,30-31H2. The topological polar surface area (TPSA) is 56.7 Å². The third kappa shape index (κ3) is 5.67. The van der Waals surface area contributed by atoms with Gasteiger partial charge in [-0.3, -0.25) is 0 Å². The van der Waals surface area contributed by atoms with E-state index < -0.39 is 0 Å². The van der Waals surface area contributed by atoms with E-state index in [-0.39, 0.29) is 5.92 Å². The highest BCUT2D eigenvalue weighted by Gasteiger charge is 2.30. The monoisotopic (exact) mass is 806 g/mol. The number of aryl methyl sites for hydroxylation is 1. The Morgan fingerprint density at radius 2 is 1.13 bits per heavy atom. The summed E-state index contributed by atoms with van der Waals surface area (Å²) in [4.78, 5) is 16.4. The molecule has 1 unspecified atom stereocenters. The van der Waals surface area contributed by atoms with Gasteiger partial charge < -0.3 is 8.98 Å². The van der Waals surface area contributed by atoms with Crippen LogP contribution >= 0.6 is 0 Å². The summed E-state index contributed by atoms with van der Waals surface area (Å²) in [6.45, 7) is 0. The summed E-state index contributed by atoms with van der Waals surface area (Å²) in [7, 11) is 0. The highest BCUT2D eigenvalue weighted by Crippen LogP contribution is 2.48. The largest absolute Gasteiger partial charge is 0.455 e. The molecule has 5 nitrogen and oxygen atoms in total. The van der Waals surface area contributed by atoms with E-state index in [9.17, 15) is 0 Å². The maximum absolute atomic E-state index is 6.97. The first kappa shape index (κ1) is 35.6. The molecule has 3 heterocycles. The van der Waals surface area contributed by atoms with E-state index in [0.29, 0.717) is 17.5 Å². The van der Waals surface area contributed by atoms with Crippen LogP contribution in [0.1, 0.15) is 29.0 Å². The zero-order valence-electron chi connectivity index (χ0n) is 34.2. The lowest BCUT2D eigenvalue weighted by Gasteiger charge is -2.22. The van der Waals surface area contributed by atoms with Crippen molar-refractivity contribution in [2.24, 2.45) is 0 Å². The van der Waals surface area contributed by atoms with Crippen molar-refractivity contribution in [1.29, 1.82) is 0 Å². The van der Waals surface area contributed by atoms with Gasteiger partial charge in [-0.05, 0) is 87.8 Å². The van der Waals surface area contributed by atoms with Crippen molar-refractivity contribution in [3.8, 4) is 51.0 Å². The van der Waals surface area contributed by atoms with Crippen LogP contribution < -0.4 is 0 Å². The highest BCUT2D eigenvalue weighted by atomic mass is 16.3. The second kappa shape index (κ2) is 14.2. The normalized spacial score (nSPS) is 13.7. The summed E-state index contributed by atoms with van der Waals surface area (Å²) < 4.78 is 9.31. The van der Waals surface area contributed by atoms with Crippen LogP contribution in [0, 0.1) is 0 Å². The number of fused-ring (bicyclic) bond motifs is 10. The van der Waals surface area contributed by atoms with Crippen LogP contribution in [0.15, 0.2) is 205 Å². The van der Waals surface area contributed by atoms with Crippen LogP contribution in [-0.4, -0.2) is 19.5 Å². The molecule has 0 N–H and O–H groups in total. The van der Waals surface area contributed by atoms with Gasteiger partial charge in [0.25, 0.3) is 0 Å². The zero-order chi connectivity index (χ0) is 41.4. The molecule has 0 spiro atoms. The fourth-order valence-corrected chi connectivity index (χ4v) is 10.3. The average molecular weight is 807 g/mol. The summed E-state index contributed by atoms with van der Waals surface area (Å²) in [5.41, 5.74) is 14.1. The molecule has 5 heteroatoms. The molecular weight excluding hydrogens is 769 g/mol. The van der Waals surface area contributed by atoms with Crippen LogP contribution in [0.4, 0.5) is 0 Å². The van der Waals surface area contributed by atoms with Crippen LogP contribution in [-0.2, 0) is 6.42 Å². The van der Waals surface area contributed by atoms with Gasteiger partial charge in [-0.15, -0.1) is 0 Å². The van der Waals surface area contributed by atoms with Crippen molar-refractivity contribution in [2.45, 2.75) is 18.8 Å². The van der Waals surface area contributed by atoms with Gasteiger partial charge in [0.05, 0.1) is 16.6 Å². The Hall–Kier alpha value is -8.15. The Balaban J connectivity index is 1.10. The molecule has 296 valence electrons. The number of aromatic nitrogens is 4. The van der Waals surface area contributed by atoms with Gasteiger partial charge in [0.1, 0.15) is 11.2 Å². The molecule has 3 aromatic heterocycles. The van der Waals surface area contributed by atoms with E-state index in [4.69, 9.17) is 19.4 Å². The molecule has 0 radical (unpaired) electrons. The van der Waals surface area contributed by atoms with Crippen LogP contribution in [0.2, 0.25) is 0 Å². The van der Waals surface area contributed by atoms with E-state index in [1.807, 2.05) is 24.3 Å². The first-order valence-corrected chi connectivity index (χ1v) is 21.7. The molecule has 0 amide bonds. The molecule has 13 rings (SSSR count).